The van der Waals surface area contributed by atoms with Crippen molar-refractivity contribution in [2.45, 2.75) is 25.1 Å². The van der Waals surface area contributed by atoms with Crippen molar-refractivity contribution in [3.8, 4) is 0 Å². The van der Waals surface area contributed by atoms with Gasteiger partial charge in [0.15, 0.2) is 5.82 Å². The van der Waals surface area contributed by atoms with Gasteiger partial charge in [-0.1, -0.05) is 30.3 Å². The number of nitro groups is 1. The molecule has 5 rings (SSSR count). The summed E-state index contributed by atoms with van der Waals surface area (Å²) >= 11 is 0. The molecule has 3 heterocycles. The third kappa shape index (κ3) is 5.55. The van der Waals surface area contributed by atoms with E-state index in [-0.39, 0.29) is 17.8 Å². The fraction of sp³-hybridized carbons (Fsp3) is 0.385. The molecule has 10 nitrogen and oxygen atoms in total. The molecule has 0 N–H and O–H groups in total. The van der Waals surface area contributed by atoms with Gasteiger partial charge in [0.05, 0.1) is 36.3 Å². The number of benzene rings is 2. The van der Waals surface area contributed by atoms with Crippen LogP contribution in [-0.2, 0) is 16.0 Å². The maximum Gasteiger partial charge on any atom is 0.338 e. The topological polar surface area (TPSA) is 103 Å². The number of morpholine rings is 1. The normalized spacial score (nSPS) is 20.7. The molecular weight excluding hydrogens is 462 g/mol. The molecule has 2 aromatic carbocycles. The van der Waals surface area contributed by atoms with E-state index in [2.05, 4.69) is 21.9 Å². The van der Waals surface area contributed by atoms with E-state index in [0.29, 0.717) is 44.8 Å². The van der Waals surface area contributed by atoms with Crippen molar-refractivity contribution in [1.82, 2.24) is 14.7 Å². The highest BCUT2D eigenvalue weighted by Crippen LogP contribution is 2.26. The first-order valence-corrected chi connectivity index (χ1v) is 12.2. The van der Waals surface area contributed by atoms with Crippen LogP contribution in [0.15, 0.2) is 66.9 Å². The van der Waals surface area contributed by atoms with Crippen LogP contribution in [-0.4, -0.2) is 77.1 Å². The lowest BCUT2D eigenvalue weighted by molar-refractivity contribution is -0.384. The van der Waals surface area contributed by atoms with Crippen LogP contribution in [0.4, 0.5) is 11.5 Å². The fourth-order valence-corrected chi connectivity index (χ4v) is 4.82. The second-order valence-electron chi connectivity index (χ2n) is 9.06. The van der Waals surface area contributed by atoms with E-state index in [0.717, 1.165) is 18.9 Å². The molecule has 0 amide bonds. The maximum absolute atomic E-state index is 12.9. The zero-order chi connectivity index (χ0) is 24.9. The zero-order valence-corrected chi connectivity index (χ0v) is 19.9. The smallest absolute Gasteiger partial charge is 0.338 e. The highest BCUT2D eigenvalue weighted by atomic mass is 16.6. The molecule has 2 saturated heterocycles. The molecule has 188 valence electrons. The molecule has 0 bridgehead atoms. The number of nitro benzene ring substituents is 1. The van der Waals surface area contributed by atoms with Crippen LogP contribution in [0.5, 0.6) is 0 Å². The van der Waals surface area contributed by atoms with Crippen LogP contribution in [0, 0.1) is 10.1 Å². The first-order chi connectivity index (χ1) is 17.6. The van der Waals surface area contributed by atoms with Gasteiger partial charge in [0.2, 0.25) is 0 Å². The molecule has 2 aliphatic rings. The molecule has 0 saturated carbocycles. The number of piperidine rings is 1. The van der Waals surface area contributed by atoms with Crippen LogP contribution in [0.3, 0.4) is 0 Å². The third-order valence-corrected chi connectivity index (χ3v) is 6.75. The van der Waals surface area contributed by atoms with Crippen LogP contribution in [0.1, 0.15) is 22.3 Å². The number of carbonyl (C=O) groups excluding carboxylic acids is 1. The second kappa shape index (κ2) is 10.9. The monoisotopic (exact) mass is 491 g/mol. The van der Waals surface area contributed by atoms with E-state index < -0.39 is 10.9 Å². The maximum atomic E-state index is 12.9. The number of esters is 1. The number of ether oxygens (including phenoxy) is 2. The first-order valence-electron chi connectivity index (χ1n) is 12.2. The Balaban J connectivity index is 1.28. The van der Waals surface area contributed by atoms with Crippen molar-refractivity contribution in [3.63, 3.8) is 0 Å². The SMILES string of the molecule is O=C(O[C@H]1CCN(c2ccn(Cc3ccccc3)n2)C[C@H]1N1CCOCC1)c1ccc([N+](=O)[O-])cc1. The van der Waals surface area contributed by atoms with E-state index in [1.165, 1.54) is 29.8 Å². The number of carbonyl (C=O) groups is 1. The van der Waals surface area contributed by atoms with Gasteiger partial charge in [0, 0.05) is 57.0 Å². The van der Waals surface area contributed by atoms with Gasteiger partial charge < -0.3 is 14.4 Å². The summed E-state index contributed by atoms with van der Waals surface area (Å²) < 4.78 is 13.5. The average Bonchev–Trinajstić information content (AvgIpc) is 3.38. The Hall–Kier alpha value is -3.76. The summed E-state index contributed by atoms with van der Waals surface area (Å²) in [6, 6.07) is 17.8. The van der Waals surface area contributed by atoms with Gasteiger partial charge in [0.25, 0.3) is 5.69 Å². The van der Waals surface area contributed by atoms with E-state index in [1.54, 1.807) is 0 Å². The van der Waals surface area contributed by atoms with Crippen LogP contribution in [0.25, 0.3) is 0 Å². The Labute approximate surface area is 209 Å². The van der Waals surface area contributed by atoms with E-state index in [9.17, 15) is 14.9 Å². The highest BCUT2D eigenvalue weighted by Gasteiger charge is 2.37. The Bertz CT molecular complexity index is 1180. The largest absolute Gasteiger partial charge is 0.457 e. The van der Waals surface area contributed by atoms with Gasteiger partial charge in [-0.3, -0.25) is 19.7 Å². The molecule has 0 spiro atoms. The van der Waals surface area contributed by atoms with Crippen molar-refractivity contribution >= 4 is 17.5 Å². The van der Waals surface area contributed by atoms with Crippen molar-refractivity contribution in [1.29, 1.82) is 0 Å². The summed E-state index contributed by atoms with van der Waals surface area (Å²) in [5.41, 5.74) is 1.44. The summed E-state index contributed by atoms with van der Waals surface area (Å²) in [7, 11) is 0. The predicted octanol–water partition coefficient (Wildman–Crippen LogP) is 2.98. The van der Waals surface area contributed by atoms with Crippen molar-refractivity contribution in [2.24, 2.45) is 0 Å². The summed E-state index contributed by atoms with van der Waals surface area (Å²) in [4.78, 5) is 27.9. The van der Waals surface area contributed by atoms with Crippen molar-refractivity contribution < 1.29 is 19.2 Å². The Morgan fingerprint density at radius 1 is 1.06 bits per heavy atom. The minimum absolute atomic E-state index is 0.0103. The third-order valence-electron chi connectivity index (χ3n) is 6.75. The molecular formula is C26H29N5O5. The van der Waals surface area contributed by atoms with Crippen LogP contribution in [0.2, 0.25) is 0 Å². The molecule has 2 aliphatic heterocycles. The molecule has 0 aliphatic carbocycles. The predicted molar refractivity (Wildman–Crippen MR) is 133 cm³/mol. The zero-order valence-electron chi connectivity index (χ0n) is 19.9. The molecule has 3 aromatic rings. The number of non-ortho nitro benzene ring substituents is 1. The number of nitrogens with zero attached hydrogens (tertiary/aromatic N) is 5. The number of rotatable bonds is 7. The van der Waals surface area contributed by atoms with Crippen molar-refractivity contribution in [3.05, 3.63) is 88.1 Å². The first kappa shape index (κ1) is 24.0. The van der Waals surface area contributed by atoms with Crippen molar-refractivity contribution in [2.75, 3.05) is 44.3 Å². The number of anilines is 1. The van der Waals surface area contributed by atoms with Gasteiger partial charge in [-0.2, -0.15) is 5.10 Å². The standard InChI is InChI=1S/C26H29N5O5/c32-26(21-6-8-22(9-7-21)31(33)34)36-24-10-12-29(19-23(24)28-14-16-35-17-15-28)25-11-13-30(27-25)18-20-4-2-1-3-5-20/h1-9,11,13,23-24H,10,12,14-19H2/t23-,24+/m1/s1. The van der Waals surface area contributed by atoms with E-state index in [4.69, 9.17) is 14.6 Å². The summed E-state index contributed by atoms with van der Waals surface area (Å²) in [5.74, 6) is 0.443. The molecule has 0 radical (unpaired) electrons. The molecule has 1 aromatic heterocycles. The Kier molecular flexibility index (Phi) is 7.24. The minimum Gasteiger partial charge on any atom is -0.457 e. The second-order valence-corrected chi connectivity index (χ2v) is 9.06. The van der Waals surface area contributed by atoms with E-state index >= 15 is 0 Å². The summed E-state index contributed by atoms with van der Waals surface area (Å²) in [6.45, 7) is 4.93. The van der Waals surface area contributed by atoms with Gasteiger partial charge in [-0.25, -0.2) is 4.79 Å². The molecule has 2 fully saturated rings. The average molecular weight is 492 g/mol. The van der Waals surface area contributed by atoms with Gasteiger partial charge in [0.1, 0.15) is 6.10 Å². The molecule has 36 heavy (non-hydrogen) atoms. The quantitative estimate of drug-likeness (QED) is 0.282. The lowest BCUT2D eigenvalue weighted by atomic mass is 9.99. The molecule has 0 unspecified atom stereocenters. The lowest BCUT2D eigenvalue weighted by Crippen LogP contribution is -2.59. The number of hydrogen-bond donors (Lipinski definition) is 0. The van der Waals surface area contributed by atoms with Crippen LogP contribution < -0.4 is 4.90 Å². The van der Waals surface area contributed by atoms with Crippen LogP contribution >= 0.6 is 0 Å². The molecule has 2 atom stereocenters. The lowest BCUT2D eigenvalue weighted by Gasteiger charge is -2.44. The van der Waals surface area contributed by atoms with Gasteiger partial charge >= 0.3 is 5.97 Å². The van der Waals surface area contributed by atoms with E-state index in [1.807, 2.05) is 35.1 Å². The Morgan fingerprint density at radius 2 is 1.81 bits per heavy atom. The summed E-state index contributed by atoms with van der Waals surface area (Å²) in [5, 5.41) is 15.7. The Morgan fingerprint density at radius 3 is 2.53 bits per heavy atom. The molecule has 10 heteroatoms. The van der Waals surface area contributed by atoms with Gasteiger partial charge in [-0.15, -0.1) is 0 Å². The number of hydrogen-bond acceptors (Lipinski definition) is 8. The summed E-state index contributed by atoms with van der Waals surface area (Å²) in [6.07, 6.45) is 2.35. The van der Waals surface area contributed by atoms with Gasteiger partial charge in [-0.05, 0) is 17.7 Å². The minimum atomic E-state index is -0.486. The number of aromatic nitrogens is 2. The fourth-order valence-electron chi connectivity index (χ4n) is 4.82. The highest BCUT2D eigenvalue weighted by molar-refractivity contribution is 5.89.